The van der Waals surface area contributed by atoms with E-state index < -0.39 is 0 Å². The first-order valence-electron chi connectivity index (χ1n) is 12.3. The molecule has 186 valence electrons. The first kappa shape index (κ1) is 22.7. The molecule has 1 amide bonds. The molecule has 1 saturated carbocycles. The quantitative estimate of drug-likeness (QED) is 0.508. The van der Waals surface area contributed by atoms with Crippen LogP contribution in [0.15, 0.2) is 24.5 Å². The molecule has 2 aliphatic heterocycles. The lowest BCUT2D eigenvalue weighted by molar-refractivity contribution is -0.117. The highest BCUT2D eigenvalue weighted by Crippen LogP contribution is 2.52. The Balaban J connectivity index is 1.45. The summed E-state index contributed by atoms with van der Waals surface area (Å²) in [6.07, 6.45) is 5.40. The number of hydrogen-bond donors (Lipinski definition) is 2. The zero-order valence-corrected chi connectivity index (χ0v) is 20.9. The van der Waals surface area contributed by atoms with E-state index in [9.17, 15) is 9.59 Å². The van der Waals surface area contributed by atoms with Gasteiger partial charge in [0.25, 0.3) is 0 Å². The first-order valence-corrected chi connectivity index (χ1v) is 12.3. The lowest BCUT2D eigenvalue weighted by Gasteiger charge is -2.52. The Kier molecular flexibility index (Phi) is 5.11. The minimum atomic E-state index is -0.346. The van der Waals surface area contributed by atoms with Crippen LogP contribution in [0.2, 0.25) is 0 Å². The molecular formula is C26H29N7O3. The molecule has 3 aliphatic rings. The number of hydrogen-bond acceptors (Lipinski definition) is 8. The summed E-state index contributed by atoms with van der Waals surface area (Å²) in [7, 11) is 4.09. The van der Waals surface area contributed by atoms with Gasteiger partial charge in [0.15, 0.2) is 11.6 Å². The standard InChI is InChI=1S/C26H29N7O3/c1-5-19(34)17-11-28-20(31-25(35)15-6-7-15)10-18(17)30-24-22-16(8-9-27-24)21-23(32(3)14(2)29-21)26(33(22)4)12-36-13-26/h8-11,15H,5-7,12-13H2,1-4H3,(H2,27,28,30,31,35). The van der Waals surface area contributed by atoms with E-state index in [1.165, 1.54) is 6.20 Å². The van der Waals surface area contributed by atoms with Crippen molar-refractivity contribution in [2.45, 2.75) is 38.6 Å². The molecule has 3 aromatic rings. The van der Waals surface area contributed by atoms with E-state index in [2.05, 4.69) is 30.1 Å². The zero-order chi connectivity index (χ0) is 25.2. The molecule has 1 saturated heterocycles. The lowest BCUT2D eigenvalue weighted by atomic mass is 9.83. The van der Waals surface area contributed by atoms with Gasteiger partial charge < -0.3 is 24.8 Å². The van der Waals surface area contributed by atoms with Gasteiger partial charge in [-0.05, 0) is 25.8 Å². The highest BCUT2D eigenvalue weighted by molar-refractivity contribution is 6.03. The second-order valence-corrected chi connectivity index (χ2v) is 9.83. The number of carbonyl (C=O) groups excluding carboxylic acids is 2. The molecule has 0 aromatic carbocycles. The number of ketones is 1. The topological polar surface area (TPSA) is 114 Å². The zero-order valence-electron chi connectivity index (χ0n) is 20.9. The predicted octanol–water partition coefficient (Wildman–Crippen LogP) is 3.55. The van der Waals surface area contributed by atoms with Crippen LogP contribution in [0.1, 0.15) is 48.1 Å². The van der Waals surface area contributed by atoms with Crippen molar-refractivity contribution in [3.05, 3.63) is 41.6 Å². The fourth-order valence-corrected chi connectivity index (χ4v) is 5.15. The van der Waals surface area contributed by atoms with Crippen molar-refractivity contribution >= 4 is 34.7 Å². The van der Waals surface area contributed by atoms with Gasteiger partial charge in [-0.15, -0.1) is 0 Å². The Morgan fingerprint density at radius 1 is 1.22 bits per heavy atom. The molecule has 6 rings (SSSR count). The lowest BCUT2D eigenvalue weighted by Crippen LogP contribution is -2.61. The van der Waals surface area contributed by atoms with Crippen LogP contribution in [0.3, 0.4) is 0 Å². The summed E-state index contributed by atoms with van der Waals surface area (Å²) >= 11 is 0. The van der Waals surface area contributed by atoms with Crippen LogP contribution in [0.25, 0.3) is 11.3 Å². The number of nitrogens with one attached hydrogen (secondary N) is 2. The second kappa shape index (κ2) is 8.12. The Labute approximate surface area is 209 Å². The molecule has 1 aliphatic carbocycles. The van der Waals surface area contributed by atoms with Gasteiger partial charge in [0, 0.05) is 50.5 Å². The highest BCUT2D eigenvalue weighted by atomic mass is 16.5. The van der Waals surface area contributed by atoms with E-state index in [1.54, 1.807) is 12.3 Å². The van der Waals surface area contributed by atoms with E-state index in [4.69, 9.17) is 9.72 Å². The number of anilines is 4. The molecule has 36 heavy (non-hydrogen) atoms. The van der Waals surface area contributed by atoms with Crippen molar-refractivity contribution in [1.29, 1.82) is 0 Å². The third-order valence-corrected chi connectivity index (χ3v) is 7.58. The Hall–Kier alpha value is -3.79. The van der Waals surface area contributed by atoms with Crippen LogP contribution in [-0.2, 0) is 22.1 Å². The Morgan fingerprint density at radius 2 is 2.00 bits per heavy atom. The third-order valence-electron chi connectivity index (χ3n) is 7.58. The van der Waals surface area contributed by atoms with Crippen molar-refractivity contribution in [3.8, 4) is 11.3 Å². The fourth-order valence-electron chi connectivity index (χ4n) is 5.15. The summed E-state index contributed by atoms with van der Waals surface area (Å²) in [5.74, 6) is 1.91. The van der Waals surface area contributed by atoms with Gasteiger partial charge in [-0.25, -0.2) is 15.0 Å². The van der Waals surface area contributed by atoms with Gasteiger partial charge in [-0.3, -0.25) is 9.59 Å². The van der Waals surface area contributed by atoms with Gasteiger partial charge in [0.05, 0.1) is 41.5 Å². The molecule has 0 radical (unpaired) electrons. The summed E-state index contributed by atoms with van der Waals surface area (Å²) in [4.78, 5) is 41.2. The number of aryl methyl sites for hydroxylation is 1. The molecule has 10 heteroatoms. The Bertz CT molecular complexity index is 1400. The summed E-state index contributed by atoms with van der Waals surface area (Å²) < 4.78 is 7.85. The predicted molar refractivity (Wildman–Crippen MR) is 136 cm³/mol. The first-order chi connectivity index (χ1) is 17.3. The third kappa shape index (κ3) is 3.31. The van der Waals surface area contributed by atoms with E-state index in [0.29, 0.717) is 42.5 Å². The molecule has 10 nitrogen and oxygen atoms in total. The second-order valence-electron chi connectivity index (χ2n) is 9.83. The minimum absolute atomic E-state index is 0.0389. The van der Waals surface area contributed by atoms with Gasteiger partial charge >= 0.3 is 0 Å². The fraction of sp³-hybridized carbons (Fsp3) is 0.423. The number of aromatic nitrogens is 4. The average molecular weight is 488 g/mol. The molecule has 3 aromatic heterocycles. The maximum absolute atomic E-state index is 12.8. The molecule has 5 heterocycles. The maximum Gasteiger partial charge on any atom is 0.228 e. The van der Waals surface area contributed by atoms with Crippen LogP contribution in [0.5, 0.6) is 0 Å². The van der Waals surface area contributed by atoms with Gasteiger partial charge in [-0.1, -0.05) is 6.92 Å². The number of Topliss-reactive ketones (excluding diaryl/α,β-unsaturated/α-hetero) is 1. The SMILES string of the molecule is CCC(=O)c1cnc(NC(=O)C2CC2)cc1Nc1nccc2c1N(C)C1(COC1)c1c-2nc(C)n1C. The van der Waals surface area contributed by atoms with E-state index in [-0.39, 0.29) is 23.1 Å². The van der Waals surface area contributed by atoms with Crippen LogP contribution >= 0.6 is 0 Å². The average Bonchev–Trinajstić information content (AvgIpc) is 3.65. The monoisotopic (exact) mass is 487 g/mol. The van der Waals surface area contributed by atoms with Crippen LogP contribution in [0.4, 0.5) is 23.0 Å². The Morgan fingerprint density at radius 3 is 2.67 bits per heavy atom. The van der Waals surface area contributed by atoms with Crippen molar-refractivity contribution in [1.82, 2.24) is 19.5 Å². The van der Waals surface area contributed by atoms with E-state index in [0.717, 1.165) is 41.3 Å². The van der Waals surface area contributed by atoms with Crippen LogP contribution < -0.4 is 15.5 Å². The number of fused-ring (bicyclic) bond motifs is 4. The molecule has 2 fully saturated rings. The summed E-state index contributed by atoms with van der Waals surface area (Å²) in [5.41, 5.74) is 4.58. The smallest absolute Gasteiger partial charge is 0.228 e. The maximum atomic E-state index is 12.8. The number of ether oxygens (including phenoxy) is 1. The van der Waals surface area contributed by atoms with Crippen LogP contribution in [-0.4, -0.2) is 51.5 Å². The molecular weight excluding hydrogens is 458 g/mol. The number of pyridine rings is 2. The van der Waals surface area contributed by atoms with Crippen molar-refractivity contribution < 1.29 is 14.3 Å². The van der Waals surface area contributed by atoms with Gasteiger partial charge in [-0.2, -0.15) is 0 Å². The minimum Gasteiger partial charge on any atom is -0.376 e. The van der Waals surface area contributed by atoms with Crippen molar-refractivity contribution in [3.63, 3.8) is 0 Å². The van der Waals surface area contributed by atoms with Crippen molar-refractivity contribution in [2.24, 2.45) is 13.0 Å². The van der Waals surface area contributed by atoms with Gasteiger partial charge in [0.2, 0.25) is 5.91 Å². The number of nitrogens with zero attached hydrogens (tertiary/aromatic N) is 5. The molecule has 0 atom stereocenters. The molecule has 1 spiro atoms. The largest absolute Gasteiger partial charge is 0.376 e. The van der Waals surface area contributed by atoms with Crippen LogP contribution in [0, 0.1) is 12.8 Å². The molecule has 0 bridgehead atoms. The number of rotatable bonds is 6. The van der Waals surface area contributed by atoms with E-state index >= 15 is 0 Å². The van der Waals surface area contributed by atoms with Crippen molar-refractivity contribution in [2.75, 3.05) is 35.8 Å². The summed E-state index contributed by atoms with van der Waals surface area (Å²) in [5, 5.41) is 6.28. The van der Waals surface area contributed by atoms with Gasteiger partial charge in [0.1, 0.15) is 17.2 Å². The highest BCUT2D eigenvalue weighted by Gasteiger charge is 2.52. The molecule has 2 N–H and O–H groups in total. The van der Waals surface area contributed by atoms with E-state index in [1.807, 2.05) is 34.0 Å². The molecule has 0 unspecified atom stereocenters. The number of imidazole rings is 1. The number of carbonyl (C=O) groups is 2. The normalized spacial score (nSPS) is 17.3. The summed E-state index contributed by atoms with van der Waals surface area (Å²) in [6, 6.07) is 3.69. The number of amides is 1. The summed E-state index contributed by atoms with van der Waals surface area (Å²) in [6.45, 7) is 4.92. The number of likely N-dealkylation sites (N-methyl/N-ethyl adjacent to an activating group) is 1.